The van der Waals surface area contributed by atoms with E-state index in [0.29, 0.717) is 37.6 Å². The number of para-hydroxylation sites is 2. The number of ether oxygens (including phenoxy) is 1. The molecule has 1 saturated heterocycles. The Kier molecular flexibility index (Phi) is 4.71. The molecule has 1 aliphatic heterocycles. The number of aromatic amines is 1. The van der Waals surface area contributed by atoms with Gasteiger partial charge in [-0.15, -0.1) is 0 Å². The monoisotopic (exact) mass is 402 g/mol. The largest absolute Gasteiger partial charge is 0.496 e. The first-order valence-corrected chi connectivity index (χ1v) is 9.98. The van der Waals surface area contributed by atoms with E-state index in [9.17, 15) is 4.79 Å². The molecule has 1 fully saturated rings. The molecular weight excluding hydrogens is 380 g/mol. The minimum absolute atomic E-state index is 0.0623. The highest BCUT2D eigenvalue weighted by Crippen LogP contribution is 2.30. The highest BCUT2D eigenvalue weighted by Gasteiger charge is 2.34. The van der Waals surface area contributed by atoms with Gasteiger partial charge in [0.15, 0.2) is 5.82 Å². The van der Waals surface area contributed by atoms with Crippen LogP contribution in [0.5, 0.6) is 5.75 Å². The number of aromatic nitrogens is 3. The molecule has 4 aromatic rings. The van der Waals surface area contributed by atoms with Gasteiger partial charge in [-0.05, 0) is 17.7 Å². The third-order valence-corrected chi connectivity index (χ3v) is 5.63. The molecule has 0 saturated carbocycles. The Labute approximate surface area is 173 Å². The summed E-state index contributed by atoms with van der Waals surface area (Å²) in [5.41, 5.74) is 3.18. The number of nitrogens with one attached hydrogen (secondary N) is 1. The smallest absolute Gasteiger partial charge is 0.231 e. The van der Waals surface area contributed by atoms with Crippen LogP contribution in [0.4, 0.5) is 0 Å². The standard InChI is InChI=1S/C23H22N4O3/c1-29-20-9-5-2-6-15(20)13-27-14-17(11-22(27)28)23-25-21(30-26-23)10-16-12-24-19-8-4-3-7-18(16)19/h2-9,12,17,24H,10-11,13-14H2,1H3. The summed E-state index contributed by atoms with van der Waals surface area (Å²) >= 11 is 0. The van der Waals surface area contributed by atoms with Crippen molar-refractivity contribution in [2.24, 2.45) is 0 Å². The second-order valence-corrected chi connectivity index (χ2v) is 7.57. The number of methoxy groups -OCH3 is 1. The van der Waals surface area contributed by atoms with E-state index in [0.717, 1.165) is 27.8 Å². The van der Waals surface area contributed by atoms with Crippen molar-refractivity contribution >= 4 is 16.8 Å². The number of amides is 1. The van der Waals surface area contributed by atoms with Crippen molar-refractivity contribution in [3.63, 3.8) is 0 Å². The first-order valence-electron chi connectivity index (χ1n) is 9.98. The van der Waals surface area contributed by atoms with E-state index in [2.05, 4.69) is 21.2 Å². The number of hydrogen-bond donors (Lipinski definition) is 1. The Morgan fingerprint density at radius 2 is 2.00 bits per heavy atom. The Hall–Kier alpha value is -3.61. The lowest BCUT2D eigenvalue weighted by molar-refractivity contribution is -0.128. The molecule has 1 N–H and O–H groups in total. The van der Waals surface area contributed by atoms with Crippen molar-refractivity contribution in [1.82, 2.24) is 20.0 Å². The quantitative estimate of drug-likeness (QED) is 0.532. The van der Waals surface area contributed by atoms with Crippen LogP contribution in [0.3, 0.4) is 0 Å². The van der Waals surface area contributed by atoms with Crippen LogP contribution >= 0.6 is 0 Å². The summed E-state index contributed by atoms with van der Waals surface area (Å²) < 4.78 is 10.9. The van der Waals surface area contributed by atoms with Crippen molar-refractivity contribution in [1.29, 1.82) is 0 Å². The molecule has 2 aromatic carbocycles. The minimum Gasteiger partial charge on any atom is -0.496 e. The lowest BCUT2D eigenvalue weighted by atomic mass is 10.1. The molecule has 5 rings (SSSR count). The van der Waals surface area contributed by atoms with Gasteiger partial charge in [-0.2, -0.15) is 4.98 Å². The van der Waals surface area contributed by atoms with Gasteiger partial charge in [0, 0.05) is 48.1 Å². The lowest BCUT2D eigenvalue weighted by Crippen LogP contribution is -2.24. The molecule has 0 aliphatic carbocycles. The van der Waals surface area contributed by atoms with E-state index in [-0.39, 0.29) is 11.8 Å². The lowest BCUT2D eigenvalue weighted by Gasteiger charge is -2.17. The van der Waals surface area contributed by atoms with Crippen molar-refractivity contribution < 1.29 is 14.1 Å². The van der Waals surface area contributed by atoms with Gasteiger partial charge in [-0.3, -0.25) is 4.79 Å². The number of likely N-dealkylation sites (tertiary alicyclic amines) is 1. The van der Waals surface area contributed by atoms with Crippen LogP contribution < -0.4 is 4.74 Å². The van der Waals surface area contributed by atoms with E-state index >= 15 is 0 Å². The Morgan fingerprint density at radius 1 is 1.17 bits per heavy atom. The van der Waals surface area contributed by atoms with Gasteiger partial charge >= 0.3 is 0 Å². The minimum atomic E-state index is -0.0623. The van der Waals surface area contributed by atoms with Crippen LogP contribution in [0.15, 0.2) is 59.3 Å². The van der Waals surface area contributed by atoms with E-state index < -0.39 is 0 Å². The molecule has 7 heteroatoms. The van der Waals surface area contributed by atoms with Gasteiger partial charge in [-0.1, -0.05) is 41.6 Å². The molecule has 1 amide bonds. The van der Waals surface area contributed by atoms with E-state index in [4.69, 9.17) is 9.26 Å². The molecule has 0 spiro atoms. The number of rotatable bonds is 6. The Morgan fingerprint density at radius 3 is 2.90 bits per heavy atom. The Bertz CT molecular complexity index is 1200. The molecule has 1 atom stereocenters. The average Bonchev–Trinajstić information content (AvgIpc) is 3.49. The fourth-order valence-corrected chi connectivity index (χ4v) is 4.08. The van der Waals surface area contributed by atoms with Crippen LogP contribution in [-0.4, -0.2) is 39.6 Å². The summed E-state index contributed by atoms with van der Waals surface area (Å²) in [7, 11) is 1.64. The van der Waals surface area contributed by atoms with Gasteiger partial charge in [0.2, 0.25) is 11.8 Å². The maximum Gasteiger partial charge on any atom is 0.231 e. The second kappa shape index (κ2) is 7.67. The van der Waals surface area contributed by atoms with Crippen molar-refractivity contribution in [3.05, 3.63) is 77.6 Å². The highest BCUT2D eigenvalue weighted by molar-refractivity contribution is 5.83. The second-order valence-electron chi connectivity index (χ2n) is 7.57. The maximum absolute atomic E-state index is 12.6. The van der Waals surface area contributed by atoms with E-state index in [1.54, 1.807) is 7.11 Å². The van der Waals surface area contributed by atoms with Crippen molar-refractivity contribution in [2.75, 3.05) is 13.7 Å². The van der Waals surface area contributed by atoms with Crippen LogP contribution in [0, 0.1) is 0 Å². The van der Waals surface area contributed by atoms with Gasteiger partial charge < -0.3 is 19.1 Å². The maximum atomic E-state index is 12.6. The molecule has 7 nitrogen and oxygen atoms in total. The topological polar surface area (TPSA) is 84.2 Å². The molecule has 1 aliphatic rings. The van der Waals surface area contributed by atoms with Gasteiger partial charge in [0.1, 0.15) is 5.75 Å². The van der Waals surface area contributed by atoms with E-state index in [1.807, 2.05) is 53.6 Å². The number of hydrogen-bond acceptors (Lipinski definition) is 5. The number of nitrogens with zero attached hydrogens (tertiary/aromatic N) is 3. The van der Waals surface area contributed by atoms with Crippen molar-refractivity contribution in [3.8, 4) is 5.75 Å². The predicted octanol–water partition coefficient (Wildman–Crippen LogP) is 3.67. The average molecular weight is 402 g/mol. The van der Waals surface area contributed by atoms with Crippen LogP contribution in [-0.2, 0) is 17.8 Å². The molecule has 152 valence electrons. The summed E-state index contributed by atoms with van der Waals surface area (Å²) in [6.07, 6.45) is 2.92. The fraction of sp³-hybridized carbons (Fsp3) is 0.261. The van der Waals surface area contributed by atoms with Crippen molar-refractivity contribution in [2.45, 2.75) is 25.3 Å². The van der Waals surface area contributed by atoms with Crippen LogP contribution in [0.1, 0.15) is 35.2 Å². The van der Waals surface area contributed by atoms with Gasteiger partial charge in [0.25, 0.3) is 0 Å². The first-order chi connectivity index (χ1) is 14.7. The molecular formula is C23H22N4O3. The number of carbonyl (C=O) groups is 1. The van der Waals surface area contributed by atoms with Crippen LogP contribution in [0.25, 0.3) is 10.9 Å². The summed E-state index contributed by atoms with van der Waals surface area (Å²) in [4.78, 5) is 22.2. The number of benzene rings is 2. The zero-order valence-corrected chi connectivity index (χ0v) is 16.7. The summed E-state index contributed by atoms with van der Waals surface area (Å²) in [5, 5.41) is 5.32. The Balaban J connectivity index is 1.29. The summed E-state index contributed by atoms with van der Waals surface area (Å²) in [6.45, 7) is 1.09. The summed E-state index contributed by atoms with van der Waals surface area (Å²) in [6, 6.07) is 15.9. The first kappa shape index (κ1) is 18.4. The molecule has 1 unspecified atom stereocenters. The fourth-order valence-electron chi connectivity index (χ4n) is 4.08. The van der Waals surface area contributed by atoms with Gasteiger partial charge in [0.05, 0.1) is 13.5 Å². The van der Waals surface area contributed by atoms with Gasteiger partial charge in [-0.25, -0.2) is 0 Å². The molecule has 30 heavy (non-hydrogen) atoms. The highest BCUT2D eigenvalue weighted by atomic mass is 16.5. The third-order valence-electron chi connectivity index (χ3n) is 5.63. The van der Waals surface area contributed by atoms with E-state index in [1.165, 1.54) is 0 Å². The molecule has 2 aromatic heterocycles. The number of fused-ring (bicyclic) bond motifs is 1. The predicted molar refractivity (Wildman–Crippen MR) is 111 cm³/mol. The summed E-state index contributed by atoms with van der Waals surface area (Å²) in [5.74, 6) is 1.97. The number of carbonyl (C=O) groups excluding carboxylic acids is 1. The third kappa shape index (κ3) is 3.43. The SMILES string of the molecule is COc1ccccc1CN1CC(c2noc(Cc3c[nH]c4ccccc34)n2)CC1=O. The molecule has 0 radical (unpaired) electrons. The molecule has 0 bridgehead atoms. The molecule has 3 heterocycles. The zero-order chi connectivity index (χ0) is 20.5. The van der Waals surface area contributed by atoms with Crippen LogP contribution in [0.2, 0.25) is 0 Å². The normalized spacial score (nSPS) is 16.5. The number of H-pyrrole nitrogens is 1. The zero-order valence-electron chi connectivity index (χ0n) is 16.7.